The lowest BCUT2D eigenvalue weighted by Crippen LogP contribution is -2.19. The molecule has 0 saturated heterocycles. The van der Waals surface area contributed by atoms with E-state index in [0.717, 1.165) is 0 Å². The van der Waals surface area contributed by atoms with E-state index in [-0.39, 0.29) is 0 Å². The Morgan fingerprint density at radius 1 is 1.20 bits per heavy atom. The fraction of sp³-hybridized carbons (Fsp3) is 0.250. The summed E-state index contributed by atoms with van der Waals surface area (Å²) in [6, 6.07) is 8.47. The SMILES string of the molecule is Cc1ccc([SiH](C)Cl)cc1. The topological polar surface area (TPSA) is 0 Å². The van der Waals surface area contributed by atoms with Crippen LogP contribution in [0.15, 0.2) is 24.3 Å². The molecule has 1 atom stereocenters. The summed E-state index contributed by atoms with van der Waals surface area (Å²) in [5.41, 5.74) is 1.30. The van der Waals surface area contributed by atoms with Crippen LogP contribution in [0.3, 0.4) is 0 Å². The number of benzene rings is 1. The van der Waals surface area contributed by atoms with Crippen molar-refractivity contribution in [2.45, 2.75) is 13.5 Å². The minimum atomic E-state index is -1.08. The molecule has 0 N–H and O–H groups in total. The van der Waals surface area contributed by atoms with Crippen LogP contribution in [-0.4, -0.2) is 8.11 Å². The summed E-state index contributed by atoms with van der Waals surface area (Å²) >= 11 is 5.99. The third kappa shape index (κ3) is 1.86. The molecule has 0 radical (unpaired) electrons. The van der Waals surface area contributed by atoms with E-state index in [1.807, 2.05) is 0 Å². The molecule has 0 bridgehead atoms. The highest BCUT2D eigenvalue weighted by Gasteiger charge is 2.00. The summed E-state index contributed by atoms with van der Waals surface area (Å²) in [7, 11) is -1.08. The Morgan fingerprint density at radius 3 is 2.10 bits per heavy atom. The van der Waals surface area contributed by atoms with Crippen molar-refractivity contribution in [3.8, 4) is 0 Å². The summed E-state index contributed by atoms with van der Waals surface area (Å²) in [5.74, 6) is 0. The van der Waals surface area contributed by atoms with E-state index >= 15 is 0 Å². The van der Waals surface area contributed by atoms with E-state index < -0.39 is 8.11 Å². The second-order valence-corrected chi connectivity index (χ2v) is 6.39. The fourth-order valence-corrected chi connectivity index (χ4v) is 1.99. The van der Waals surface area contributed by atoms with Crippen LogP contribution in [0, 0.1) is 6.92 Å². The molecule has 1 aromatic carbocycles. The second kappa shape index (κ2) is 3.22. The van der Waals surface area contributed by atoms with E-state index in [1.165, 1.54) is 10.8 Å². The largest absolute Gasteiger partial charge is 0.168 e. The van der Waals surface area contributed by atoms with E-state index in [4.69, 9.17) is 11.1 Å². The number of hydrogen-bond acceptors (Lipinski definition) is 0. The molecule has 0 saturated carbocycles. The van der Waals surface area contributed by atoms with Crippen molar-refractivity contribution in [1.82, 2.24) is 0 Å². The first-order valence-electron chi connectivity index (χ1n) is 3.41. The molecule has 54 valence electrons. The lowest BCUT2D eigenvalue weighted by atomic mass is 10.2. The normalized spacial score (nSPS) is 13.1. The van der Waals surface area contributed by atoms with E-state index in [2.05, 4.69) is 37.7 Å². The average molecular weight is 171 g/mol. The van der Waals surface area contributed by atoms with Crippen LogP contribution in [0.1, 0.15) is 5.56 Å². The first kappa shape index (κ1) is 7.83. The Labute approximate surface area is 68.1 Å². The van der Waals surface area contributed by atoms with Gasteiger partial charge in [0.25, 0.3) is 0 Å². The molecular formula is C8H11ClSi. The Balaban J connectivity index is 2.89. The van der Waals surface area contributed by atoms with Gasteiger partial charge in [-0.15, -0.1) is 0 Å². The molecule has 0 aliphatic heterocycles. The molecule has 0 amide bonds. The molecule has 0 fully saturated rings. The molecule has 2 heteroatoms. The van der Waals surface area contributed by atoms with Crippen LogP contribution < -0.4 is 5.19 Å². The summed E-state index contributed by atoms with van der Waals surface area (Å²) in [5, 5.41) is 1.33. The van der Waals surface area contributed by atoms with Crippen LogP contribution in [-0.2, 0) is 0 Å². The van der Waals surface area contributed by atoms with Gasteiger partial charge in [-0.05, 0) is 12.1 Å². The molecule has 1 unspecified atom stereocenters. The predicted molar refractivity (Wildman–Crippen MR) is 49.7 cm³/mol. The highest BCUT2D eigenvalue weighted by molar-refractivity contribution is 7.13. The van der Waals surface area contributed by atoms with Crippen molar-refractivity contribution in [1.29, 1.82) is 0 Å². The molecule has 0 heterocycles. The van der Waals surface area contributed by atoms with Crippen LogP contribution in [0.2, 0.25) is 6.55 Å². The quantitative estimate of drug-likeness (QED) is 0.446. The van der Waals surface area contributed by atoms with Gasteiger partial charge in [0, 0.05) is 0 Å². The van der Waals surface area contributed by atoms with E-state index in [0.29, 0.717) is 0 Å². The van der Waals surface area contributed by atoms with Crippen molar-refractivity contribution in [3.05, 3.63) is 29.8 Å². The molecule has 0 aromatic heterocycles. The van der Waals surface area contributed by atoms with Crippen molar-refractivity contribution >= 4 is 24.4 Å². The monoisotopic (exact) mass is 170 g/mol. The number of rotatable bonds is 1. The minimum Gasteiger partial charge on any atom is -0.166 e. The average Bonchev–Trinajstić information content (AvgIpc) is 1.88. The Hall–Kier alpha value is -0.273. The van der Waals surface area contributed by atoms with Gasteiger partial charge in [0.2, 0.25) is 0 Å². The zero-order chi connectivity index (χ0) is 7.56. The van der Waals surface area contributed by atoms with Crippen LogP contribution in [0.25, 0.3) is 0 Å². The smallest absolute Gasteiger partial charge is 0.166 e. The summed E-state index contributed by atoms with van der Waals surface area (Å²) in [6.07, 6.45) is 0. The highest BCUT2D eigenvalue weighted by atomic mass is 35.6. The number of aryl methyl sites for hydroxylation is 1. The van der Waals surface area contributed by atoms with Gasteiger partial charge in [-0.3, -0.25) is 0 Å². The zero-order valence-electron chi connectivity index (χ0n) is 6.26. The third-order valence-electron chi connectivity index (χ3n) is 1.54. The molecular weight excluding hydrogens is 160 g/mol. The molecule has 10 heavy (non-hydrogen) atoms. The summed E-state index contributed by atoms with van der Waals surface area (Å²) in [4.78, 5) is 0. The van der Waals surface area contributed by atoms with Crippen molar-refractivity contribution in [3.63, 3.8) is 0 Å². The van der Waals surface area contributed by atoms with Gasteiger partial charge in [-0.1, -0.05) is 36.4 Å². The summed E-state index contributed by atoms with van der Waals surface area (Å²) in [6.45, 7) is 4.20. The molecule has 0 aliphatic carbocycles. The molecule has 1 aromatic rings. The first-order chi connectivity index (χ1) is 4.70. The zero-order valence-corrected chi connectivity index (χ0v) is 8.18. The van der Waals surface area contributed by atoms with E-state index in [9.17, 15) is 0 Å². The van der Waals surface area contributed by atoms with Gasteiger partial charge in [0.15, 0.2) is 8.11 Å². The molecule has 0 spiro atoms. The van der Waals surface area contributed by atoms with Crippen LogP contribution in [0.5, 0.6) is 0 Å². The van der Waals surface area contributed by atoms with Gasteiger partial charge >= 0.3 is 0 Å². The van der Waals surface area contributed by atoms with Crippen molar-refractivity contribution in [2.24, 2.45) is 0 Å². The maximum Gasteiger partial charge on any atom is 0.168 e. The van der Waals surface area contributed by atoms with Crippen molar-refractivity contribution in [2.75, 3.05) is 0 Å². The van der Waals surface area contributed by atoms with Gasteiger partial charge in [0.1, 0.15) is 0 Å². The van der Waals surface area contributed by atoms with Gasteiger partial charge in [0.05, 0.1) is 0 Å². The summed E-state index contributed by atoms with van der Waals surface area (Å²) < 4.78 is 0. The minimum absolute atomic E-state index is 1.08. The Kier molecular flexibility index (Phi) is 2.52. The Morgan fingerprint density at radius 2 is 1.70 bits per heavy atom. The third-order valence-corrected chi connectivity index (χ3v) is 3.60. The molecule has 1 rings (SSSR count). The predicted octanol–water partition coefficient (Wildman–Crippen LogP) is 1.79. The highest BCUT2D eigenvalue weighted by Crippen LogP contribution is 1.96. The maximum atomic E-state index is 5.99. The fourth-order valence-electron chi connectivity index (χ4n) is 0.832. The standard InChI is InChI=1S/C8H11ClSi/c1-7-3-5-8(6-4-7)10(2)9/h3-6,10H,1-2H3. The second-order valence-electron chi connectivity index (χ2n) is 2.53. The van der Waals surface area contributed by atoms with Gasteiger partial charge < -0.3 is 0 Å². The van der Waals surface area contributed by atoms with Crippen LogP contribution >= 0.6 is 11.1 Å². The van der Waals surface area contributed by atoms with E-state index in [1.54, 1.807) is 0 Å². The lowest BCUT2D eigenvalue weighted by Gasteiger charge is -2.00. The first-order valence-corrected chi connectivity index (χ1v) is 6.88. The Bertz CT molecular complexity index is 203. The molecule has 0 aliphatic rings. The van der Waals surface area contributed by atoms with Crippen molar-refractivity contribution < 1.29 is 0 Å². The number of halogens is 1. The molecule has 0 nitrogen and oxygen atoms in total. The van der Waals surface area contributed by atoms with Crippen LogP contribution in [0.4, 0.5) is 0 Å². The van der Waals surface area contributed by atoms with Gasteiger partial charge in [-0.2, -0.15) is 11.1 Å². The van der Waals surface area contributed by atoms with Gasteiger partial charge in [-0.25, -0.2) is 0 Å². The maximum absolute atomic E-state index is 5.99. The number of hydrogen-bond donors (Lipinski definition) is 0. The lowest BCUT2D eigenvalue weighted by molar-refractivity contribution is 1.49.